The highest BCUT2D eigenvalue weighted by atomic mass is 79.9. The van der Waals surface area contributed by atoms with Crippen LogP contribution in [0.15, 0.2) is 38.8 Å². The normalized spacial score (nSPS) is 16.8. The van der Waals surface area contributed by atoms with Crippen LogP contribution < -0.4 is 0 Å². The van der Waals surface area contributed by atoms with Gasteiger partial charge in [-0.05, 0) is 52.5 Å². The second kappa shape index (κ2) is 6.28. The third-order valence-corrected chi connectivity index (χ3v) is 5.72. The maximum Gasteiger partial charge on any atom is 0.0253 e. The van der Waals surface area contributed by atoms with Crippen LogP contribution in [0.1, 0.15) is 65.5 Å². The van der Waals surface area contributed by atoms with Crippen molar-refractivity contribution in [3.05, 3.63) is 49.9 Å². The fourth-order valence-electron chi connectivity index (χ4n) is 2.77. The molecule has 0 saturated heterocycles. The van der Waals surface area contributed by atoms with Crippen LogP contribution in [0.4, 0.5) is 0 Å². The van der Waals surface area contributed by atoms with Crippen LogP contribution in [0.5, 0.6) is 0 Å². The van der Waals surface area contributed by atoms with E-state index in [2.05, 4.69) is 97.7 Å². The van der Waals surface area contributed by atoms with Crippen LogP contribution in [0.25, 0.3) is 5.57 Å². The van der Waals surface area contributed by atoms with E-state index in [1.54, 1.807) is 0 Å². The van der Waals surface area contributed by atoms with Gasteiger partial charge in [0.15, 0.2) is 0 Å². The number of allylic oxidation sites excluding steroid dienone is 4. The summed E-state index contributed by atoms with van der Waals surface area (Å²) in [7, 11) is 0. The van der Waals surface area contributed by atoms with Crippen molar-refractivity contribution in [2.24, 2.45) is 5.41 Å². The molecule has 1 aliphatic carbocycles. The molecule has 0 spiro atoms. The van der Waals surface area contributed by atoms with Gasteiger partial charge in [-0.3, -0.25) is 0 Å². The first-order valence-corrected chi connectivity index (χ1v) is 9.49. The first kappa shape index (κ1) is 18.0. The Kier molecular flexibility index (Phi) is 5.14. The molecular formula is C20H26Br2. The van der Waals surface area contributed by atoms with Crippen LogP contribution in [0, 0.1) is 5.41 Å². The second-order valence-electron chi connectivity index (χ2n) is 8.19. The molecule has 22 heavy (non-hydrogen) atoms. The Bertz CT molecular complexity index is 635. The minimum atomic E-state index is 0.179. The molecule has 1 aromatic rings. The molecule has 2 rings (SSSR count). The average Bonchev–Trinajstić information content (AvgIpc) is 2.37. The van der Waals surface area contributed by atoms with Gasteiger partial charge in [-0.1, -0.05) is 91.1 Å². The molecular weight excluding hydrogens is 400 g/mol. The summed E-state index contributed by atoms with van der Waals surface area (Å²) < 4.78 is 2.42. The number of halogens is 2. The minimum Gasteiger partial charge on any atom is -0.0634 e. The van der Waals surface area contributed by atoms with Gasteiger partial charge >= 0.3 is 0 Å². The van der Waals surface area contributed by atoms with E-state index in [-0.39, 0.29) is 10.8 Å². The van der Waals surface area contributed by atoms with Gasteiger partial charge in [-0.15, -0.1) is 0 Å². The molecule has 1 aliphatic rings. The molecule has 0 nitrogen and oxygen atoms in total. The quantitative estimate of drug-likeness (QED) is 0.433. The summed E-state index contributed by atoms with van der Waals surface area (Å²) in [5.74, 6) is 0. The third kappa shape index (κ3) is 3.94. The fourth-order valence-corrected chi connectivity index (χ4v) is 4.08. The summed E-state index contributed by atoms with van der Waals surface area (Å²) in [5, 5.41) is 0. The lowest BCUT2D eigenvalue weighted by Crippen LogP contribution is -2.13. The molecule has 0 unspecified atom stereocenters. The van der Waals surface area contributed by atoms with Crippen LogP contribution >= 0.6 is 31.9 Å². The van der Waals surface area contributed by atoms with Crippen molar-refractivity contribution in [1.82, 2.24) is 0 Å². The maximum absolute atomic E-state index is 3.80. The van der Waals surface area contributed by atoms with Gasteiger partial charge < -0.3 is 0 Å². The summed E-state index contributed by atoms with van der Waals surface area (Å²) in [6.45, 7) is 13.6. The zero-order chi connectivity index (χ0) is 16.7. The Morgan fingerprint density at radius 1 is 0.864 bits per heavy atom. The lowest BCUT2D eigenvalue weighted by Gasteiger charge is -2.28. The van der Waals surface area contributed by atoms with Crippen LogP contribution in [0.3, 0.4) is 0 Å². The van der Waals surface area contributed by atoms with Gasteiger partial charge in [0.2, 0.25) is 0 Å². The van der Waals surface area contributed by atoms with Gasteiger partial charge in [0.1, 0.15) is 0 Å². The van der Waals surface area contributed by atoms with Gasteiger partial charge in [0.25, 0.3) is 0 Å². The summed E-state index contributed by atoms with van der Waals surface area (Å²) >= 11 is 7.58. The van der Waals surface area contributed by atoms with E-state index < -0.39 is 0 Å². The molecule has 0 N–H and O–H groups in total. The predicted octanol–water partition coefficient (Wildman–Crippen LogP) is 7.62. The Hall–Kier alpha value is -0.340. The largest absolute Gasteiger partial charge is 0.0634 e. The van der Waals surface area contributed by atoms with E-state index in [4.69, 9.17) is 0 Å². The first-order chi connectivity index (χ1) is 10.00. The van der Waals surface area contributed by atoms with Gasteiger partial charge in [0, 0.05) is 8.96 Å². The number of hydrogen-bond donors (Lipinski definition) is 0. The molecule has 120 valence electrons. The highest BCUT2D eigenvalue weighted by Crippen LogP contribution is 2.42. The van der Waals surface area contributed by atoms with E-state index in [0.717, 1.165) is 12.8 Å². The standard InChI is InChI=1S/C20H26Br2/c1-19(2,3)13-7-9-15(17(21)11-13)16-10-8-14(12-18(16)22)20(4,5)6/h7,9,11-12H,8,10H2,1-6H3. The molecule has 2 heteroatoms. The Balaban J connectivity index is 2.43. The highest BCUT2D eigenvalue weighted by Gasteiger charge is 2.23. The van der Waals surface area contributed by atoms with Crippen molar-refractivity contribution >= 4 is 37.4 Å². The highest BCUT2D eigenvalue weighted by molar-refractivity contribution is 9.12. The molecule has 0 amide bonds. The zero-order valence-electron chi connectivity index (χ0n) is 14.5. The monoisotopic (exact) mass is 424 g/mol. The predicted molar refractivity (Wildman–Crippen MR) is 105 cm³/mol. The summed E-state index contributed by atoms with van der Waals surface area (Å²) in [6, 6.07) is 6.79. The summed E-state index contributed by atoms with van der Waals surface area (Å²) in [6.07, 6.45) is 4.56. The molecule has 0 aliphatic heterocycles. The van der Waals surface area contributed by atoms with E-state index in [1.165, 1.54) is 31.2 Å². The van der Waals surface area contributed by atoms with E-state index >= 15 is 0 Å². The van der Waals surface area contributed by atoms with Crippen LogP contribution in [-0.4, -0.2) is 0 Å². The number of rotatable bonds is 1. The van der Waals surface area contributed by atoms with Crippen molar-refractivity contribution < 1.29 is 0 Å². The van der Waals surface area contributed by atoms with E-state index in [0.29, 0.717) is 0 Å². The van der Waals surface area contributed by atoms with Gasteiger partial charge in [-0.25, -0.2) is 0 Å². The fraction of sp³-hybridized carbons (Fsp3) is 0.500. The topological polar surface area (TPSA) is 0 Å². The Labute approximate surface area is 152 Å². The smallest absolute Gasteiger partial charge is 0.0253 e. The molecule has 0 aromatic heterocycles. The Morgan fingerprint density at radius 3 is 1.95 bits per heavy atom. The molecule has 1 aromatic carbocycles. The second-order valence-corrected chi connectivity index (χ2v) is 9.90. The minimum absolute atomic E-state index is 0.179. The molecule has 0 heterocycles. The van der Waals surface area contributed by atoms with Crippen molar-refractivity contribution in [2.45, 2.75) is 59.8 Å². The van der Waals surface area contributed by atoms with Crippen LogP contribution in [0.2, 0.25) is 0 Å². The molecule has 0 saturated carbocycles. The first-order valence-electron chi connectivity index (χ1n) is 7.90. The van der Waals surface area contributed by atoms with Crippen molar-refractivity contribution in [2.75, 3.05) is 0 Å². The molecule has 0 bridgehead atoms. The number of hydrogen-bond acceptors (Lipinski definition) is 0. The lowest BCUT2D eigenvalue weighted by atomic mass is 9.79. The summed E-state index contributed by atoms with van der Waals surface area (Å²) in [4.78, 5) is 0. The van der Waals surface area contributed by atoms with Crippen molar-refractivity contribution in [3.63, 3.8) is 0 Å². The zero-order valence-corrected chi connectivity index (χ0v) is 17.7. The lowest BCUT2D eigenvalue weighted by molar-refractivity contribution is 0.482. The average molecular weight is 426 g/mol. The summed E-state index contributed by atoms with van der Waals surface area (Å²) in [5.41, 5.74) is 6.02. The van der Waals surface area contributed by atoms with E-state index in [9.17, 15) is 0 Å². The van der Waals surface area contributed by atoms with Crippen molar-refractivity contribution in [1.29, 1.82) is 0 Å². The molecule has 0 atom stereocenters. The molecule has 0 radical (unpaired) electrons. The van der Waals surface area contributed by atoms with E-state index in [1.807, 2.05) is 0 Å². The Morgan fingerprint density at radius 2 is 1.50 bits per heavy atom. The third-order valence-electron chi connectivity index (χ3n) is 4.36. The number of benzene rings is 1. The van der Waals surface area contributed by atoms with Gasteiger partial charge in [-0.2, -0.15) is 0 Å². The van der Waals surface area contributed by atoms with Crippen molar-refractivity contribution in [3.8, 4) is 0 Å². The van der Waals surface area contributed by atoms with Crippen LogP contribution in [-0.2, 0) is 5.41 Å². The maximum atomic E-state index is 3.80. The molecule has 0 fully saturated rings. The SMILES string of the molecule is CC(C)(C)C1=CC(Br)=C(c2ccc(C(C)(C)C)cc2Br)CC1. The van der Waals surface area contributed by atoms with Gasteiger partial charge in [0.05, 0.1) is 0 Å².